The van der Waals surface area contributed by atoms with E-state index >= 15 is 0 Å². The fourth-order valence-electron chi connectivity index (χ4n) is 2.21. The SMILES string of the molecule is C=C(C)c1cccc(C(C)(C)NC(=O)O/N=C/c2ccc(F)cc2)c1. The molecule has 0 bridgehead atoms. The number of amides is 1. The average molecular weight is 340 g/mol. The smallest absolute Gasteiger partial charge is 0.311 e. The van der Waals surface area contributed by atoms with Crippen molar-refractivity contribution in [3.63, 3.8) is 0 Å². The van der Waals surface area contributed by atoms with E-state index in [9.17, 15) is 9.18 Å². The number of allylic oxidation sites excluding steroid dienone is 1. The Labute approximate surface area is 147 Å². The fourth-order valence-corrected chi connectivity index (χ4v) is 2.21. The Hall–Kier alpha value is -2.95. The van der Waals surface area contributed by atoms with Gasteiger partial charge in [-0.2, -0.15) is 0 Å². The third-order valence-electron chi connectivity index (χ3n) is 3.70. The molecular weight excluding hydrogens is 319 g/mol. The molecule has 4 nitrogen and oxygen atoms in total. The highest BCUT2D eigenvalue weighted by Crippen LogP contribution is 2.23. The third kappa shape index (κ3) is 5.28. The van der Waals surface area contributed by atoms with Crippen molar-refractivity contribution in [3.8, 4) is 0 Å². The van der Waals surface area contributed by atoms with Gasteiger partial charge < -0.3 is 5.32 Å². The van der Waals surface area contributed by atoms with Gasteiger partial charge in [-0.15, -0.1) is 0 Å². The summed E-state index contributed by atoms with van der Waals surface area (Å²) in [4.78, 5) is 16.8. The van der Waals surface area contributed by atoms with Crippen molar-refractivity contribution in [2.24, 2.45) is 5.16 Å². The van der Waals surface area contributed by atoms with Crippen LogP contribution in [0, 0.1) is 5.82 Å². The zero-order valence-corrected chi connectivity index (χ0v) is 14.5. The molecule has 0 unspecified atom stereocenters. The number of oxime groups is 1. The Bertz CT molecular complexity index is 796. The van der Waals surface area contributed by atoms with Crippen LogP contribution in [0.25, 0.3) is 5.57 Å². The standard InChI is InChI=1S/C20H21FN2O2/c1-14(2)16-6-5-7-17(12-16)20(3,4)23-19(24)25-22-13-15-8-10-18(21)11-9-15/h5-13H,1H2,2-4H3,(H,23,24)/b22-13+. The zero-order chi connectivity index (χ0) is 18.4. The molecule has 0 spiro atoms. The van der Waals surface area contributed by atoms with E-state index in [-0.39, 0.29) is 5.82 Å². The van der Waals surface area contributed by atoms with Crippen LogP contribution in [0.5, 0.6) is 0 Å². The van der Waals surface area contributed by atoms with Crippen molar-refractivity contribution in [1.82, 2.24) is 5.32 Å². The molecule has 5 heteroatoms. The van der Waals surface area contributed by atoms with Gasteiger partial charge in [0.1, 0.15) is 5.82 Å². The van der Waals surface area contributed by atoms with Crippen molar-refractivity contribution in [1.29, 1.82) is 0 Å². The molecule has 0 radical (unpaired) electrons. The maximum atomic E-state index is 12.8. The lowest BCUT2D eigenvalue weighted by molar-refractivity contribution is 0.140. The molecule has 130 valence electrons. The summed E-state index contributed by atoms with van der Waals surface area (Å²) in [6.07, 6.45) is 0.664. The van der Waals surface area contributed by atoms with Crippen LogP contribution in [0.15, 0.2) is 60.3 Å². The molecule has 0 saturated heterocycles. The summed E-state index contributed by atoms with van der Waals surface area (Å²) in [5, 5.41) is 6.39. The van der Waals surface area contributed by atoms with Crippen LogP contribution in [0.2, 0.25) is 0 Å². The Kier molecular flexibility index (Phi) is 5.70. The van der Waals surface area contributed by atoms with E-state index in [4.69, 9.17) is 4.84 Å². The van der Waals surface area contributed by atoms with Gasteiger partial charge in [-0.3, -0.25) is 4.84 Å². The predicted molar refractivity (Wildman–Crippen MR) is 97.8 cm³/mol. The minimum absolute atomic E-state index is 0.338. The van der Waals surface area contributed by atoms with E-state index in [2.05, 4.69) is 17.1 Å². The van der Waals surface area contributed by atoms with Crippen LogP contribution in [-0.2, 0) is 10.4 Å². The molecule has 1 amide bonds. The summed E-state index contributed by atoms with van der Waals surface area (Å²) < 4.78 is 12.8. The molecule has 2 aromatic rings. The van der Waals surface area contributed by atoms with Crippen molar-refractivity contribution in [3.05, 3.63) is 77.6 Å². The number of rotatable bonds is 5. The molecule has 0 aliphatic carbocycles. The number of nitrogens with zero attached hydrogens (tertiary/aromatic N) is 1. The van der Waals surface area contributed by atoms with Gasteiger partial charge >= 0.3 is 6.09 Å². The summed E-state index contributed by atoms with van der Waals surface area (Å²) in [5.41, 5.74) is 2.86. The summed E-state index contributed by atoms with van der Waals surface area (Å²) >= 11 is 0. The highest BCUT2D eigenvalue weighted by atomic mass is 19.1. The first-order chi connectivity index (χ1) is 11.8. The molecule has 0 fully saturated rings. The fraction of sp³-hybridized carbons (Fsp3) is 0.200. The van der Waals surface area contributed by atoms with Gasteiger partial charge in [0.05, 0.1) is 11.8 Å². The number of carbonyl (C=O) groups excluding carboxylic acids is 1. The first-order valence-electron chi connectivity index (χ1n) is 7.82. The molecule has 25 heavy (non-hydrogen) atoms. The van der Waals surface area contributed by atoms with E-state index < -0.39 is 11.6 Å². The maximum Gasteiger partial charge on any atom is 0.434 e. The quantitative estimate of drug-likeness (QED) is 0.480. The molecule has 1 N–H and O–H groups in total. The lowest BCUT2D eigenvalue weighted by atomic mass is 9.92. The highest BCUT2D eigenvalue weighted by molar-refractivity contribution is 5.80. The summed E-state index contributed by atoms with van der Waals surface area (Å²) in [6.45, 7) is 9.60. The Morgan fingerprint density at radius 1 is 1.24 bits per heavy atom. The molecule has 0 saturated carbocycles. The van der Waals surface area contributed by atoms with Crippen LogP contribution >= 0.6 is 0 Å². The zero-order valence-electron chi connectivity index (χ0n) is 14.5. The summed E-state index contributed by atoms with van der Waals surface area (Å²) in [7, 11) is 0. The molecule has 0 heterocycles. The van der Waals surface area contributed by atoms with E-state index in [0.29, 0.717) is 5.56 Å². The lowest BCUT2D eigenvalue weighted by Crippen LogP contribution is -2.40. The van der Waals surface area contributed by atoms with Crippen molar-refractivity contribution in [2.75, 3.05) is 0 Å². The van der Waals surface area contributed by atoms with E-state index in [1.54, 1.807) is 0 Å². The Morgan fingerprint density at radius 2 is 1.92 bits per heavy atom. The number of hydrogen-bond acceptors (Lipinski definition) is 3. The van der Waals surface area contributed by atoms with Crippen LogP contribution < -0.4 is 5.32 Å². The first-order valence-corrected chi connectivity index (χ1v) is 7.82. The monoisotopic (exact) mass is 340 g/mol. The second-order valence-electron chi connectivity index (χ2n) is 6.28. The van der Waals surface area contributed by atoms with E-state index in [0.717, 1.165) is 16.7 Å². The Morgan fingerprint density at radius 3 is 2.56 bits per heavy atom. The van der Waals surface area contributed by atoms with Gasteiger partial charge in [0.2, 0.25) is 0 Å². The summed E-state index contributed by atoms with van der Waals surface area (Å²) in [5.74, 6) is -0.338. The van der Waals surface area contributed by atoms with Gasteiger partial charge in [0.15, 0.2) is 0 Å². The van der Waals surface area contributed by atoms with Gasteiger partial charge in [0, 0.05) is 0 Å². The molecule has 0 atom stereocenters. The molecular formula is C20H21FN2O2. The van der Waals surface area contributed by atoms with Gasteiger partial charge in [-0.1, -0.05) is 47.6 Å². The normalized spacial score (nSPS) is 11.4. The predicted octanol–water partition coefficient (Wildman–Crippen LogP) is 4.85. The minimum atomic E-state index is -0.677. The highest BCUT2D eigenvalue weighted by Gasteiger charge is 2.24. The number of carbonyl (C=O) groups is 1. The Balaban J connectivity index is 1.99. The number of hydrogen-bond donors (Lipinski definition) is 1. The maximum absolute atomic E-state index is 12.8. The van der Waals surface area contributed by atoms with E-state index in [1.165, 1.54) is 30.5 Å². The molecule has 0 aromatic heterocycles. The van der Waals surface area contributed by atoms with Crippen LogP contribution in [0.3, 0.4) is 0 Å². The third-order valence-corrected chi connectivity index (χ3v) is 3.70. The molecule has 0 aliphatic heterocycles. The molecule has 2 aromatic carbocycles. The van der Waals surface area contributed by atoms with Gasteiger partial charge in [-0.25, -0.2) is 9.18 Å². The van der Waals surface area contributed by atoms with Crippen LogP contribution in [-0.4, -0.2) is 12.3 Å². The number of benzene rings is 2. The topological polar surface area (TPSA) is 50.7 Å². The van der Waals surface area contributed by atoms with Gasteiger partial charge in [-0.05, 0) is 55.7 Å². The second-order valence-corrected chi connectivity index (χ2v) is 6.28. The molecule has 0 aliphatic rings. The number of halogens is 1. The van der Waals surface area contributed by atoms with Crippen molar-refractivity contribution >= 4 is 17.9 Å². The van der Waals surface area contributed by atoms with Crippen LogP contribution in [0.1, 0.15) is 37.5 Å². The van der Waals surface area contributed by atoms with Crippen molar-refractivity contribution < 1.29 is 14.0 Å². The average Bonchev–Trinajstić information content (AvgIpc) is 2.56. The number of nitrogens with one attached hydrogen (secondary N) is 1. The summed E-state index contributed by atoms with van der Waals surface area (Å²) in [6, 6.07) is 13.5. The largest absolute Gasteiger partial charge is 0.434 e. The minimum Gasteiger partial charge on any atom is -0.311 e. The molecule has 2 rings (SSSR count). The van der Waals surface area contributed by atoms with Crippen LogP contribution in [0.4, 0.5) is 9.18 Å². The lowest BCUT2D eigenvalue weighted by Gasteiger charge is -2.26. The van der Waals surface area contributed by atoms with Gasteiger partial charge in [0.25, 0.3) is 0 Å². The second kappa shape index (κ2) is 7.75. The first kappa shape index (κ1) is 18.4. The van der Waals surface area contributed by atoms with E-state index in [1.807, 2.05) is 45.0 Å². The van der Waals surface area contributed by atoms with Crippen molar-refractivity contribution in [2.45, 2.75) is 26.3 Å².